The maximum atomic E-state index is 13.1. The lowest BCUT2D eigenvalue weighted by Crippen LogP contribution is -2.50. The van der Waals surface area contributed by atoms with Crippen LogP contribution in [-0.4, -0.2) is 53.4 Å². The van der Waals surface area contributed by atoms with Crippen LogP contribution in [0.1, 0.15) is 30.6 Å². The summed E-state index contributed by atoms with van der Waals surface area (Å²) in [6.07, 6.45) is 0.662. The molecule has 0 saturated carbocycles. The molecule has 154 valence electrons. The highest BCUT2D eigenvalue weighted by Crippen LogP contribution is 2.23. The SMILES string of the molecule is CC(C)(Oc1ccc(Cl)cc1)C(=O)N1CCCN(C(=O)c2ccc(F)cc2)CC1. The van der Waals surface area contributed by atoms with Gasteiger partial charge in [0, 0.05) is 36.8 Å². The molecule has 0 radical (unpaired) electrons. The van der Waals surface area contributed by atoms with Gasteiger partial charge >= 0.3 is 0 Å². The number of nitrogens with zero attached hydrogens (tertiary/aromatic N) is 2. The molecular weight excluding hydrogens is 395 g/mol. The minimum atomic E-state index is -1.05. The number of hydrogen-bond donors (Lipinski definition) is 0. The highest BCUT2D eigenvalue weighted by Gasteiger charge is 2.35. The molecule has 1 aliphatic rings. The quantitative estimate of drug-likeness (QED) is 0.753. The molecule has 0 unspecified atom stereocenters. The topological polar surface area (TPSA) is 49.9 Å². The molecule has 0 aliphatic carbocycles. The summed E-state index contributed by atoms with van der Waals surface area (Å²) in [5.41, 5.74) is -0.609. The van der Waals surface area contributed by atoms with E-state index in [1.165, 1.54) is 24.3 Å². The van der Waals surface area contributed by atoms with E-state index in [0.29, 0.717) is 48.9 Å². The van der Waals surface area contributed by atoms with E-state index in [1.807, 2.05) is 0 Å². The molecule has 1 fully saturated rings. The molecule has 3 rings (SSSR count). The van der Waals surface area contributed by atoms with E-state index in [1.54, 1.807) is 47.9 Å². The molecule has 2 aromatic rings. The predicted molar refractivity (Wildman–Crippen MR) is 110 cm³/mol. The van der Waals surface area contributed by atoms with Crippen molar-refractivity contribution in [2.45, 2.75) is 25.9 Å². The van der Waals surface area contributed by atoms with Crippen molar-refractivity contribution in [3.05, 3.63) is 64.9 Å². The number of carbonyl (C=O) groups excluding carboxylic acids is 2. The van der Waals surface area contributed by atoms with Crippen LogP contribution in [0, 0.1) is 5.82 Å². The van der Waals surface area contributed by atoms with Gasteiger partial charge in [-0.3, -0.25) is 9.59 Å². The van der Waals surface area contributed by atoms with Crippen LogP contribution in [0.4, 0.5) is 4.39 Å². The molecule has 0 bridgehead atoms. The van der Waals surface area contributed by atoms with Crippen LogP contribution in [0.25, 0.3) is 0 Å². The number of benzene rings is 2. The molecule has 29 heavy (non-hydrogen) atoms. The van der Waals surface area contributed by atoms with Crippen molar-refractivity contribution in [3.63, 3.8) is 0 Å². The molecular formula is C22H24ClFN2O3. The van der Waals surface area contributed by atoms with Crippen molar-refractivity contribution in [2.24, 2.45) is 0 Å². The molecule has 1 aliphatic heterocycles. The standard InChI is InChI=1S/C22H24ClFN2O3/c1-22(2,29-19-10-6-17(23)7-11-19)21(28)26-13-3-12-25(14-15-26)20(27)16-4-8-18(24)9-5-16/h4-11H,3,12-15H2,1-2H3. The minimum absolute atomic E-state index is 0.136. The molecule has 2 amide bonds. The number of halogens is 2. The molecule has 0 spiro atoms. The molecule has 0 aromatic heterocycles. The summed E-state index contributed by atoms with van der Waals surface area (Å²) in [7, 11) is 0. The number of rotatable bonds is 4. The van der Waals surface area contributed by atoms with Gasteiger partial charge in [-0.05, 0) is 68.8 Å². The lowest BCUT2D eigenvalue weighted by atomic mass is 10.1. The fourth-order valence-corrected chi connectivity index (χ4v) is 3.45. The van der Waals surface area contributed by atoms with Gasteiger partial charge in [-0.2, -0.15) is 0 Å². The van der Waals surface area contributed by atoms with E-state index in [2.05, 4.69) is 0 Å². The molecule has 0 N–H and O–H groups in total. The Morgan fingerprint density at radius 3 is 2.17 bits per heavy atom. The fourth-order valence-electron chi connectivity index (χ4n) is 3.32. The van der Waals surface area contributed by atoms with Crippen LogP contribution in [0.2, 0.25) is 5.02 Å². The smallest absolute Gasteiger partial charge is 0.266 e. The molecule has 1 heterocycles. The van der Waals surface area contributed by atoms with Gasteiger partial charge in [-0.25, -0.2) is 4.39 Å². The molecule has 5 nitrogen and oxygen atoms in total. The minimum Gasteiger partial charge on any atom is -0.478 e. The first-order valence-corrected chi connectivity index (χ1v) is 9.93. The number of amides is 2. The van der Waals surface area contributed by atoms with Gasteiger partial charge < -0.3 is 14.5 Å². The van der Waals surface area contributed by atoms with Gasteiger partial charge in [0.05, 0.1) is 0 Å². The Hall–Kier alpha value is -2.60. The first kappa shape index (κ1) is 21.1. The lowest BCUT2D eigenvalue weighted by Gasteiger charge is -2.31. The molecule has 2 aromatic carbocycles. The van der Waals surface area contributed by atoms with Gasteiger partial charge in [-0.1, -0.05) is 11.6 Å². The highest BCUT2D eigenvalue weighted by atomic mass is 35.5. The van der Waals surface area contributed by atoms with Crippen molar-refractivity contribution >= 4 is 23.4 Å². The predicted octanol–water partition coefficient (Wildman–Crippen LogP) is 4.01. The van der Waals surface area contributed by atoms with E-state index in [4.69, 9.17) is 16.3 Å². The maximum absolute atomic E-state index is 13.1. The summed E-state index contributed by atoms with van der Waals surface area (Å²) < 4.78 is 19.0. The van der Waals surface area contributed by atoms with Gasteiger partial charge in [0.25, 0.3) is 11.8 Å². The highest BCUT2D eigenvalue weighted by molar-refractivity contribution is 6.30. The maximum Gasteiger partial charge on any atom is 0.266 e. The second-order valence-corrected chi connectivity index (χ2v) is 7.95. The Kier molecular flexibility index (Phi) is 6.42. The first-order chi connectivity index (χ1) is 13.8. The fraction of sp³-hybridized carbons (Fsp3) is 0.364. The lowest BCUT2D eigenvalue weighted by molar-refractivity contribution is -0.145. The van der Waals surface area contributed by atoms with Crippen LogP contribution in [0.15, 0.2) is 48.5 Å². The van der Waals surface area contributed by atoms with E-state index in [0.717, 1.165) is 0 Å². The second-order valence-electron chi connectivity index (χ2n) is 7.51. The van der Waals surface area contributed by atoms with Crippen LogP contribution in [0.3, 0.4) is 0 Å². The van der Waals surface area contributed by atoms with Crippen molar-refractivity contribution in [1.82, 2.24) is 9.80 Å². The average Bonchev–Trinajstić information content (AvgIpc) is 2.95. The Labute approximate surface area is 175 Å². The third-order valence-corrected chi connectivity index (χ3v) is 5.12. The van der Waals surface area contributed by atoms with Crippen molar-refractivity contribution < 1.29 is 18.7 Å². The summed E-state index contributed by atoms with van der Waals surface area (Å²) in [6, 6.07) is 12.4. The second kappa shape index (κ2) is 8.82. The van der Waals surface area contributed by atoms with Gasteiger partial charge in [0.1, 0.15) is 11.6 Å². The normalized spacial score (nSPS) is 15.0. The molecule has 0 atom stereocenters. The van der Waals surface area contributed by atoms with E-state index < -0.39 is 5.60 Å². The Bertz CT molecular complexity index is 869. The Morgan fingerprint density at radius 1 is 0.931 bits per heavy atom. The van der Waals surface area contributed by atoms with E-state index >= 15 is 0 Å². The van der Waals surface area contributed by atoms with Crippen molar-refractivity contribution in [2.75, 3.05) is 26.2 Å². The summed E-state index contributed by atoms with van der Waals surface area (Å²) >= 11 is 5.90. The van der Waals surface area contributed by atoms with Crippen LogP contribution < -0.4 is 4.74 Å². The molecule has 7 heteroatoms. The largest absolute Gasteiger partial charge is 0.478 e. The summed E-state index contributed by atoms with van der Waals surface area (Å²) in [5.74, 6) is -0.104. The third kappa shape index (κ3) is 5.26. The zero-order valence-electron chi connectivity index (χ0n) is 16.5. The van der Waals surface area contributed by atoms with E-state index in [-0.39, 0.29) is 17.6 Å². The van der Waals surface area contributed by atoms with Gasteiger partial charge in [0.2, 0.25) is 0 Å². The Balaban J connectivity index is 1.63. The monoisotopic (exact) mass is 418 g/mol. The zero-order chi connectivity index (χ0) is 21.0. The third-order valence-electron chi connectivity index (χ3n) is 4.86. The zero-order valence-corrected chi connectivity index (χ0v) is 17.3. The summed E-state index contributed by atoms with van der Waals surface area (Å²) in [5, 5.41) is 0.597. The van der Waals surface area contributed by atoms with Gasteiger partial charge in [0.15, 0.2) is 5.60 Å². The summed E-state index contributed by atoms with van der Waals surface area (Å²) in [4.78, 5) is 29.2. The van der Waals surface area contributed by atoms with Crippen LogP contribution in [0.5, 0.6) is 5.75 Å². The van der Waals surface area contributed by atoms with Gasteiger partial charge in [-0.15, -0.1) is 0 Å². The van der Waals surface area contributed by atoms with Crippen molar-refractivity contribution in [1.29, 1.82) is 0 Å². The van der Waals surface area contributed by atoms with Crippen LogP contribution in [-0.2, 0) is 4.79 Å². The number of carbonyl (C=O) groups is 2. The molecule has 1 saturated heterocycles. The Morgan fingerprint density at radius 2 is 1.52 bits per heavy atom. The number of ether oxygens (including phenoxy) is 1. The number of hydrogen-bond acceptors (Lipinski definition) is 3. The van der Waals surface area contributed by atoms with Crippen LogP contribution >= 0.6 is 11.6 Å². The summed E-state index contributed by atoms with van der Waals surface area (Å²) in [6.45, 7) is 5.38. The first-order valence-electron chi connectivity index (χ1n) is 9.55. The average molecular weight is 419 g/mol. The van der Waals surface area contributed by atoms with E-state index in [9.17, 15) is 14.0 Å². The van der Waals surface area contributed by atoms with Crippen molar-refractivity contribution in [3.8, 4) is 5.75 Å².